The van der Waals surface area contributed by atoms with Crippen molar-refractivity contribution in [3.63, 3.8) is 0 Å². The van der Waals surface area contributed by atoms with Crippen LogP contribution in [0.5, 0.6) is 5.75 Å². The highest BCUT2D eigenvalue weighted by atomic mass is 35.5. The van der Waals surface area contributed by atoms with Crippen molar-refractivity contribution in [1.82, 2.24) is 5.32 Å². The van der Waals surface area contributed by atoms with E-state index in [1.165, 1.54) is 0 Å². The summed E-state index contributed by atoms with van der Waals surface area (Å²) in [5, 5.41) is 5.18. The van der Waals surface area contributed by atoms with Gasteiger partial charge in [0.2, 0.25) is 0 Å². The lowest BCUT2D eigenvalue weighted by Gasteiger charge is -2.19. The fraction of sp³-hybridized carbons (Fsp3) is 0.167. The third kappa shape index (κ3) is 5.84. The Morgan fingerprint density at radius 2 is 1.60 bits per heavy atom. The Labute approximate surface area is 181 Å². The van der Waals surface area contributed by atoms with Crippen LogP contribution in [0.25, 0.3) is 0 Å². The van der Waals surface area contributed by atoms with Crippen molar-refractivity contribution in [3.8, 4) is 5.75 Å². The molecule has 1 unspecified atom stereocenters. The van der Waals surface area contributed by atoms with Crippen molar-refractivity contribution >= 4 is 29.2 Å². The first kappa shape index (κ1) is 21.4. The van der Waals surface area contributed by atoms with Crippen LogP contribution in [0.4, 0.5) is 10.5 Å². The fourth-order valence-electron chi connectivity index (χ4n) is 2.98. The number of anilines is 1. The molecule has 0 fully saturated rings. The van der Waals surface area contributed by atoms with Gasteiger partial charge < -0.3 is 10.1 Å². The predicted molar refractivity (Wildman–Crippen MR) is 119 cm³/mol. The molecule has 3 aromatic rings. The van der Waals surface area contributed by atoms with Crippen LogP contribution < -0.4 is 15.4 Å². The van der Waals surface area contributed by atoms with Gasteiger partial charge in [0.25, 0.3) is 5.91 Å². The zero-order chi connectivity index (χ0) is 21.3. The molecule has 0 radical (unpaired) electrons. The van der Waals surface area contributed by atoms with E-state index in [4.69, 9.17) is 16.3 Å². The SMILES string of the molecule is CCCC(Oc1ccc(NC(=O)NC(=O)c2ccccc2Cl)cc1)c1ccccc1. The van der Waals surface area contributed by atoms with Gasteiger partial charge in [-0.2, -0.15) is 0 Å². The number of benzene rings is 3. The lowest BCUT2D eigenvalue weighted by atomic mass is 10.1. The Morgan fingerprint density at radius 1 is 0.933 bits per heavy atom. The molecule has 0 aliphatic heterocycles. The molecule has 0 saturated heterocycles. The molecule has 1 atom stereocenters. The second-order valence-corrected chi connectivity index (χ2v) is 7.13. The van der Waals surface area contributed by atoms with Gasteiger partial charge in [0.1, 0.15) is 11.9 Å². The van der Waals surface area contributed by atoms with Crippen LogP contribution in [0.1, 0.15) is 41.8 Å². The average molecular weight is 423 g/mol. The maximum Gasteiger partial charge on any atom is 0.326 e. The summed E-state index contributed by atoms with van der Waals surface area (Å²) < 4.78 is 6.14. The molecular formula is C24H23ClN2O3. The fourth-order valence-corrected chi connectivity index (χ4v) is 3.20. The predicted octanol–water partition coefficient (Wildman–Crippen LogP) is 6.22. The van der Waals surface area contributed by atoms with Gasteiger partial charge >= 0.3 is 6.03 Å². The second kappa shape index (κ2) is 10.5. The molecule has 154 valence electrons. The van der Waals surface area contributed by atoms with Crippen LogP contribution in [-0.4, -0.2) is 11.9 Å². The highest BCUT2D eigenvalue weighted by Crippen LogP contribution is 2.27. The third-order valence-electron chi connectivity index (χ3n) is 4.46. The molecule has 3 rings (SSSR count). The maximum absolute atomic E-state index is 12.2. The smallest absolute Gasteiger partial charge is 0.326 e. The number of imide groups is 1. The first-order chi connectivity index (χ1) is 14.6. The highest BCUT2D eigenvalue weighted by Gasteiger charge is 2.14. The summed E-state index contributed by atoms with van der Waals surface area (Å²) in [5.41, 5.74) is 1.90. The summed E-state index contributed by atoms with van der Waals surface area (Å²) in [6.07, 6.45) is 1.86. The summed E-state index contributed by atoms with van der Waals surface area (Å²) in [4.78, 5) is 24.3. The van der Waals surface area contributed by atoms with Gasteiger partial charge in [-0.15, -0.1) is 0 Å². The van der Waals surface area contributed by atoms with Crippen molar-refractivity contribution in [2.75, 3.05) is 5.32 Å². The van der Waals surface area contributed by atoms with Crippen LogP contribution in [0, 0.1) is 0 Å². The van der Waals surface area contributed by atoms with E-state index in [1.54, 1.807) is 48.5 Å². The number of rotatable bonds is 7. The maximum atomic E-state index is 12.2. The van der Waals surface area contributed by atoms with Crippen molar-refractivity contribution in [2.45, 2.75) is 25.9 Å². The van der Waals surface area contributed by atoms with Crippen molar-refractivity contribution in [3.05, 3.63) is 95.0 Å². The Kier molecular flexibility index (Phi) is 7.46. The minimum atomic E-state index is -0.637. The van der Waals surface area contributed by atoms with E-state index in [1.807, 2.05) is 18.2 Å². The van der Waals surface area contributed by atoms with Crippen LogP contribution in [0.3, 0.4) is 0 Å². The summed E-state index contributed by atoms with van der Waals surface area (Å²) in [6.45, 7) is 2.12. The van der Waals surface area contributed by atoms with Gasteiger partial charge in [-0.05, 0) is 48.4 Å². The molecule has 0 heterocycles. The van der Waals surface area contributed by atoms with Gasteiger partial charge in [-0.3, -0.25) is 10.1 Å². The molecule has 3 aromatic carbocycles. The molecule has 5 nitrogen and oxygen atoms in total. The van der Waals surface area contributed by atoms with Crippen LogP contribution in [0.2, 0.25) is 5.02 Å². The number of nitrogens with one attached hydrogen (secondary N) is 2. The Balaban J connectivity index is 1.59. The number of hydrogen-bond donors (Lipinski definition) is 2. The van der Waals surface area contributed by atoms with Gasteiger partial charge in [0.05, 0.1) is 10.6 Å². The number of amides is 3. The summed E-state index contributed by atoms with van der Waals surface area (Å²) in [6, 6.07) is 23.0. The molecule has 6 heteroatoms. The topological polar surface area (TPSA) is 67.4 Å². The van der Waals surface area contributed by atoms with E-state index in [2.05, 4.69) is 29.7 Å². The molecule has 0 aromatic heterocycles. The molecule has 0 bridgehead atoms. The van der Waals surface area contributed by atoms with E-state index in [0.717, 1.165) is 18.4 Å². The number of halogens is 1. The molecule has 0 aliphatic rings. The molecule has 2 N–H and O–H groups in total. The van der Waals surface area contributed by atoms with Crippen molar-refractivity contribution in [2.24, 2.45) is 0 Å². The number of ether oxygens (including phenoxy) is 1. The Morgan fingerprint density at radius 3 is 2.27 bits per heavy atom. The monoisotopic (exact) mass is 422 g/mol. The zero-order valence-electron chi connectivity index (χ0n) is 16.6. The minimum Gasteiger partial charge on any atom is -0.486 e. The number of hydrogen-bond acceptors (Lipinski definition) is 3. The van der Waals surface area contributed by atoms with Crippen molar-refractivity contribution < 1.29 is 14.3 Å². The summed E-state index contributed by atoms with van der Waals surface area (Å²) in [5.74, 6) is 0.138. The van der Waals surface area contributed by atoms with Gasteiger partial charge in [0.15, 0.2) is 0 Å². The van der Waals surface area contributed by atoms with E-state index in [9.17, 15) is 9.59 Å². The van der Waals surface area contributed by atoms with E-state index in [-0.39, 0.29) is 16.7 Å². The number of carbonyl (C=O) groups is 2. The van der Waals surface area contributed by atoms with Gasteiger partial charge in [-0.25, -0.2) is 4.79 Å². The molecule has 0 saturated carbocycles. The summed E-state index contributed by atoms with van der Waals surface area (Å²) in [7, 11) is 0. The number of carbonyl (C=O) groups excluding carboxylic acids is 2. The molecule has 30 heavy (non-hydrogen) atoms. The zero-order valence-corrected chi connectivity index (χ0v) is 17.4. The highest BCUT2D eigenvalue weighted by molar-refractivity contribution is 6.34. The average Bonchev–Trinajstić information content (AvgIpc) is 2.75. The standard InChI is InChI=1S/C24H23ClN2O3/c1-2-8-22(17-9-4-3-5-10-17)30-19-15-13-18(14-16-19)26-24(29)27-23(28)20-11-6-7-12-21(20)25/h3-7,9-16,22H,2,8H2,1H3,(H2,26,27,28,29). The van der Waals surface area contributed by atoms with Crippen LogP contribution in [-0.2, 0) is 0 Å². The summed E-state index contributed by atoms with van der Waals surface area (Å²) >= 11 is 5.98. The van der Waals surface area contributed by atoms with Crippen molar-refractivity contribution in [1.29, 1.82) is 0 Å². The molecule has 3 amide bonds. The minimum absolute atomic E-state index is 0.0356. The van der Waals surface area contributed by atoms with E-state index in [0.29, 0.717) is 11.4 Å². The van der Waals surface area contributed by atoms with Crippen LogP contribution in [0.15, 0.2) is 78.9 Å². The molecular weight excluding hydrogens is 400 g/mol. The Hall–Kier alpha value is -3.31. The molecule has 0 aliphatic carbocycles. The first-order valence-electron chi connectivity index (χ1n) is 9.75. The van der Waals surface area contributed by atoms with Gasteiger partial charge in [0, 0.05) is 5.69 Å². The lowest BCUT2D eigenvalue weighted by molar-refractivity contribution is 0.0967. The first-order valence-corrected chi connectivity index (χ1v) is 10.1. The largest absolute Gasteiger partial charge is 0.486 e. The lowest BCUT2D eigenvalue weighted by Crippen LogP contribution is -2.34. The normalized spacial score (nSPS) is 11.4. The van der Waals surface area contributed by atoms with Crippen LogP contribution >= 0.6 is 11.6 Å². The second-order valence-electron chi connectivity index (χ2n) is 6.72. The quantitative estimate of drug-likeness (QED) is 0.474. The van der Waals surface area contributed by atoms with Gasteiger partial charge in [-0.1, -0.05) is 67.4 Å². The number of urea groups is 1. The third-order valence-corrected chi connectivity index (χ3v) is 4.79. The molecule has 0 spiro atoms. The Bertz CT molecular complexity index is 991. The van der Waals surface area contributed by atoms with E-state index >= 15 is 0 Å². The van der Waals surface area contributed by atoms with E-state index < -0.39 is 11.9 Å².